The maximum Gasteiger partial charge on any atom is 0.0952 e. The molecule has 1 heterocycles. The van der Waals surface area contributed by atoms with Gasteiger partial charge in [-0.15, -0.1) is 0 Å². The molecule has 14 heavy (non-hydrogen) atoms. The van der Waals surface area contributed by atoms with Crippen LogP contribution in [-0.4, -0.2) is 22.8 Å². The number of nitrogens with two attached hydrogens (primary N) is 1. The Kier molecular flexibility index (Phi) is 4.10. The van der Waals surface area contributed by atoms with E-state index in [9.17, 15) is 0 Å². The molecular formula is C10H19N3O. The maximum atomic E-state index is 5.82. The van der Waals surface area contributed by atoms with Crippen LogP contribution in [0.15, 0.2) is 12.5 Å². The first-order valence-electron chi connectivity index (χ1n) is 5.01. The highest BCUT2D eigenvalue weighted by Gasteiger charge is 2.11. The van der Waals surface area contributed by atoms with Crippen LogP contribution in [-0.2, 0) is 4.74 Å². The molecule has 4 nitrogen and oxygen atoms in total. The van der Waals surface area contributed by atoms with Gasteiger partial charge in [-0.3, -0.25) is 0 Å². The Bertz CT molecular complexity index is 270. The molecule has 2 atom stereocenters. The fourth-order valence-corrected chi connectivity index (χ4v) is 1.40. The van der Waals surface area contributed by atoms with Crippen LogP contribution in [0, 0.1) is 0 Å². The third-order valence-electron chi connectivity index (χ3n) is 2.20. The standard InChI is InChI=1S/C10H19N3O/c1-4-14-6-8(2)13-7-12-5-10(13)9(3)11/h5,7-9H,4,6,11H2,1-3H3. The molecule has 1 aromatic heterocycles. The Labute approximate surface area is 85.1 Å². The number of nitrogens with zero attached hydrogens (tertiary/aromatic N) is 2. The molecule has 2 N–H and O–H groups in total. The highest BCUT2D eigenvalue weighted by molar-refractivity contribution is 5.04. The fourth-order valence-electron chi connectivity index (χ4n) is 1.40. The van der Waals surface area contributed by atoms with E-state index < -0.39 is 0 Å². The summed E-state index contributed by atoms with van der Waals surface area (Å²) in [4.78, 5) is 4.10. The van der Waals surface area contributed by atoms with E-state index >= 15 is 0 Å². The molecule has 0 aromatic carbocycles. The van der Waals surface area contributed by atoms with Crippen molar-refractivity contribution in [1.82, 2.24) is 9.55 Å². The topological polar surface area (TPSA) is 53.1 Å². The molecule has 0 saturated heterocycles. The SMILES string of the molecule is CCOCC(C)n1cncc1C(C)N. The van der Waals surface area contributed by atoms with Crippen molar-refractivity contribution < 1.29 is 4.74 Å². The molecule has 0 bridgehead atoms. The number of ether oxygens (including phenoxy) is 1. The van der Waals surface area contributed by atoms with Gasteiger partial charge in [0, 0.05) is 18.8 Å². The number of rotatable bonds is 5. The monoisotopic (exact) mass is 197 g/mol. The second-order valence-electron chi connectivity index (χ2n) is 3.52. The lowest BCUT2D eigenvalue weighted by Gasteiger charge is -2.17. The Morgan fingerprint density at radius 3 is 2.86 bits per heavy atom. The van der Waals surface area contributed by atoms with Gasteiger partial charge in [0.25, 0.3) is 0 Å². The summed E-state index contributed by atoms with van der Waals surface area (Å²) in [6.45, 7) is 7.50. The lowest BCUT2D eigenvalue weighted by molar-refractivity contribution is 0.118. The maximum absolute atomic E-state index is 5.82. The Morgan fingerprint density at radius 1 is 1.57 bits per heavy atom. The van der Waals surface area contributed by atoms with Gasteiger partial charge in [0.1, 0.15) is 0 Å². The van der Waals surface area contributed by atoms with Gasteiger partial charge in [-0.1, -0.05) is 0 Å². The molecule has 0 aliphatic rings. The summed E-state index contributed by atoms with van der Waals surface area (Å²) in [7, 11) is 0. The van der Waals surface area contributed by atoms with Crippen LogP contribution in [0.3, 0.4) is 0 Å². The Hall–Kier alpha value is -0.870. The van der Waals surface area contributed by atoms with Crippen LogP contribution in [0.1, 0.15) is 38.5 Å². The minimum absolute atomic E-state index is 0.0153. The smallest absolute Gasteiger partial charge is 0.0952 e. The minimum atomic E-state index is 0.0153. The van der Waals surface area contributed by atoms with Crippen LogP contribution in [0.25, 0.3) is 0 Å². The molecule has 1 rings (SSSR count). The van der Waals surface area contributed by atoms with Crippen molar-refractivity contribution in [3.8, 4) is 0 Å². The summed E-state index contributed by atoms with van der Waals surface area (Å²) in [5, 5.41) is 0. The van der Waals surface area contributed by atoms with Crippen molar-refractivity contribution in [1.29, 1.82) is 0 Å². The lowest BCUT2D eigenvalue weighted by Crippen LogP contribution is -2.18. The average Bonchev–Trinajstić information content (AvgIpc) is 2.62. The zero-order valence-electron chi connectivity index (χ0n) is 9.10. The van der Waals surface area contributed by atoms with Crippen molar-refractivity contribution in [2.75, 3.05) is 13.2 Å². The molecule has 0 saturated carbocycles. The third-order valence-corrected chi connectivity index (χ3v) is 2.20. The summed E-state index contributed by atoms with van der Waals surface area (Å²) in [6.07, 6.45) is 3.62. The molecule has 2 unspecified atom stereocenters. The van der Waals surface area contributed by atoms with E-state index in [2.05, 4.69) is 16.5 Å². The first-order chi connectivity index (χ1) is 6.66. The van der Waals surface area contributed by atoms with Crippen LogP contribution >= 0.6 is 0 Å². The van der Waals surface area contributed by atoms with E-state index in [1.54, 1.807) is 0 Å². The van der Waals surface area contributed by atoms with Crippen molar-refractivity contribution in [2.45, 2.75) is 32.9 Å². The molecule has 0 amide bonds. The summed E-state index contributed by atoms with van der Waals surface area (Å²) < 4.78 is 7.43. The quantitative estimate of drug-likeness (QED) is 0.778. The molecule has 0 spiro atoms. The average molecular weight is 197 g/mol. The van der Waals surface area contributed by atoms with Crippen molar-refractivity contribution >= 4 is 0 Å². The van der Waals surface area contributed by atoms with Crippen LogP contribution in [0.5, 0.6) is 0 Å². The molecule has 0 aliphatic heterocycles. The molecule has 0 radical (unpaired) electrons. The van der Waals surface area contributed by atoms with Gasteiger partial charge in [0.2, 0.25) is 0 Å². The largest absolute Gasteiger partial charge is 0.380 e. The predicted molar refractivity (Wildman–Crippen MR) is 56.0 cm³/mol. The van der Waals surface area contributed by atoms with E-state index in [4.69, 9.17) is 10.5 Å². The summed E-state index contributed by atoms with van der Waals surface area (Å²) in [6, 6.07) is 0.306. The first-order valence-corrected chi connectivity index (χ1v) is 5.01. The third kappa shape index (κ3) is 2.56. The van der Waals surface area contributed by atoms with Crippen LogP contribution in [0.2, 0.25) is 0 Å². The van der Waals surface area contributed by atoms with E-state index in [0.717, 1.165) is 12.3 Å². The molecule has 0 aliphatic carbocycles. The number of hydrogen-bond acceptors (Lipinski definition) is 3. The van der Waals surface area contributed by atoms with E-state index in [1.165, 1.54) is 0 Å². The zero-order valence-corrected chi connectivity index (χ0v) is 9.10. The van der Waals surface area contributed by atoms with E-state index in [-0.39, 0.29) is 6.04 Å². The summed E-state index contributed by atoms with van der Waals surface area (Å²) in [5.41, 5.74) is 6.88. The van der Waals surface area contributed by atoms with Crippen molar-refractivity contribution in [2.24, 2.45) is 5.73 Å². The number of aromatic nitrogens is 2. The lowest BCUT2D eigenvalue weighted by atomic mass is 10.2. The normalized spacial score (nSPS) is 15.4. The van der Waals surface area contributed by atoms with Gasteiger partial charge in [0.05, 0.1) is 24.7 Å². The van der Waals surface area contributed by atoms with Crippen molar-refractivity contribution in [3.63, 3.8) is 0 Å². The second-order valence-corrected chi connectivity index (χ2v) is 3.52. The molecule has 80 valence electrons. The Balaban J connectivity index is 2.68. The number of imidazole rings is 1. The molecule has 4 heteroatoms. The molecular weight excluding hydrogens is 178 g/mol. The Morgan fingerprint density at radius 2 is 2.29 bits per heavy atom. The van der Waals surface area contributed by atoms with E-state index in [1.807, 2.05) is 26.4 Å². The van der Waals surface area contributed by atoms with Gasteiger partial charge in [-0.2, -0.15) is 0 Å². The minimum Gasteiger partial charge on any atom is -0.380 e. The van der Waals surface area contributed by atoms with Gasteiger partial charge in [-0.05, 0) is 20.8 Å². The summed E-state index contributed by atoms with van der Waals surface area (Å²) >= 11 is 0. The zero-order chi connectivity index (χ0) is 10.6. The van der Waals surface area contributed by atoms with Gasteiger partial charge < -0.3 is 15.0 Å². The predicted octanol–water partition coefficient (Wildman–Crippen LogP) is 1.50. The van der Waals surface area contributed by atoms with E-state index in [0.29, 0.717) is 12.6 Å². The highest BCUT2D eigenvalue weighted by Crippen LogP contribution is 2.15. The van der Waals surface area contributed by atoms with Gasteiger partial charge in [0.15, 0.2) is 0 Å². The van der Waals surface area contributed by atoms with Crippen molar-refractivity contribution in [3.05, 3.63) is 18.2 Å². The highest BCUT2D eigenvalue weighted by atomic mass is 16.5. The molecule has 1 aromatic rings. The second kappa shape index (κ2) is 5.12. The van der Waals surface area contributed by atoms with Gasteiger partial charge >= 0.3 is 0 Å². The first kappa shape index (κ1) is 11.2. The van der Waals surface area contributed by atoms with Crippen LogP contribution in [0.4, 0.5) is 0 Å². The molecule has 0 fully saturated rings. The van der Waals surface area contributed by atoms with Gasteiger partial charge in [-0.25, -0.2) is 4.98 Å². The fraction of sp³-hybridized carbons (Fsp3) is 0.700. The number of hydrogen-bond donors (Lipinski definition) is 1. The summed E-state index contributed by atoms with van der Waals surface area (Å²) in [5.74, 6) is 0. The van der Waals surface area contributed by atoms with Crippen LogP contribution < -0.4 is 5.73 Å².